The van der Waals surface area contributed by atoms with Gasteiger partial charge < -0.3 is 4.74 Å². The van der Waals surface area contributed by atoms with Gasteiger partial charge in [-0.3, -0.25) is 4.79 Å². The molecule has 1 aliphatic heterocycles. The molecule has 0 bridgehead atoms. The van der Waals surface area contributed by atoms with Crippen LogP contribution in [0, 0.1) is 11.8 Å². The lowest BCUT2D eigenvalue weighted by molar-refractivity contribution is -0.419. The van der Waals surface area contributed by atoms with Crippen molar-refractivity contribution in [2.75, 3.05) is 7.11 Å². The predicted molar refractivity (Wildman–Crippen MR) is 87.3 cm³/mol. The average molecular weight is 314 g/mol. The SMILES string of the molecule is CCCCC(CC)C[C@]1(C)C[C@H](CC)C(CC(=O)OC)OO1. The average Bonchev–Trinajstić information content (AvgIpc) is 2.53. The van der Waals surface area contributed by atoms with E-state index in [2.05, 4.69) is 27.7 Å². The lowest BCUT2D eigenvalue weighted by Crippen LogP contribution is -2.45. The highest BCUT2D eigenvalue weighted by Crippen LogP contribution is 2.39. The summed E-state index contributed by atoms with van der Waals surface area (Å²) in [5.74, 6) is 0.801. The topological polar surface area (TPSA) is 44.8 Å². The van der Waals surface area contributed by atoms with Crippen LogP contribution in [0.25, 0.3) is 0 Å². The van der Waals surface area contributed by atoms with Crippen LogP contribution < -0.4 is 0 Å². The highest BCUT2D eigenvalue weighted by Gasteiger charge is 2.41. The molecule has 1 fully saturated rings. The summed E-state index contributed by atoms with van der Waals surface area (Å²) in [6, 6.07) is 0. The Morgan fingerprint density at radius 1 is 1.36 bits per heavy atom. The molecule has 4 atom stereocenters. The molecular weight excluding hydrogens is 280 g/mol. The van der Waals surface area contributed by atoms with Crippen LogP contribution in [0.1, 0.15) is 79.1 Å². The van der Waals surface area contributed by atoms with Gasteiger partial charge in [-0.25, -0.2) is 9.78 Å². The van der Waals surface area contributed by atoms with Gasteiger partial charge in [-0.2, -0.15) is 0 Å². The summed E-state index contributed by atoms with van der Waals surface area (Å²) in [6.45, 7) is 8.79. The second-order valence-corrected chi connectivity index (χ2v) is 6.94. The molecule has 2 unspecified atom stereocenters. The van der Waals surface area contributed by atoms with E-state index >= 15 is 0 Å². The van der Waals surface area contributed by atoms with Gasteiger partial charge in [-0.1, -0.05) is 52.9 Å². The van der Waals surface area contributed by atoms with Gasteiger partial charge in [-0.15, -0.1) is 0 Å². The van der Waals surface area contributed by atoms with Gasteiger partial charge in [-0.05, 0) is 31.6 Å². The molecule has 0 aromatic heterocycles. The molecule has 1 rings (SSSR count). The van der Waals surface area contributed by atoms with Crippen LogP contribution in [0.2, 0.25) is 0 Å². The fraction of sp³-hybridized carbons (Fsp3) is 0.944. The number of rotatable bonds is 9. The highest BCUT2D eigenvalue weighted by molar-refractivity contribution is 5.69. The normalized spacial score (nSPS) is 30.0. The maximum Gasteiger partial charge on any atom is 0.308 e. The van der Waals surface area contributed by atoms with Gasteiger partial charge in [0.1, 0.15) is 11.7 Å². The maximum absolute atomic E-state index is 11.5. The molecule has 4 heteroatoms. The number of esters is 1. The molecule has 1 aliphatic rings. The molecule has 1 heterocycles. The molecule has 0 aliphatic carbocycles. The van der Waals surface area contributed by atoms with Crippen LogP contribution in [0.15, 0.2) is 0 Å². The Balaban J connectivity index is 2.60. The predicted octanol–water partition coefficient (Wildman–Crippen LogP) is 4.66. The fourth-order valence-electron chi connectivity index (χ4n) is 3.50. The molecule has 0 aromatic rings. The van der Waals surface area contributed by atoms with Gasteiger partial charge in [0.15, 0.2) is 0 Å². The maximum atomic E-state index is 11.5. The third-order valence-corrected chi connectivity index (χ3v) is 4.98. The molecule has 130 valence electrons. The van der Waals surface area contributed by atoms with Crippen molar-refractivity contribution in [3.63, 3.8) is 0 Å². The molecule has 0 amide bonds. The minimum atomic E-state index is -0.234. The van der Waals surface area contributed by atoms with E-state index in [9.17, 15) is 4.79 Å². The summed E-state index contributed by atoms with van der Waals surface area (Å²) < 4.78 is 4.75. The first-order valence-corrected chi connectivity index (χ1v) is 8.89. The Kier molecular flexibility index (Phi) is 8.40. The van der Waals surface area contributed by atoms with E-state index in [0.29, 0.717) is 11.8 Å². The summed E-state index contributed by atoms with van der Waals surface area (Å²) in [4.78, 5) is 22.9. The summed E-state index contributed by atoms with van der Waals surface area (Å²) in [5.41, 5.74) is -0.234. The van der Waals surface area contributed by atoms with Crippen molar-refractivity contribution in [3.05, 3.63) is 0 Å². The van der Waals surface area contributed by atoms with Crippen LogP contribution in [-0.4, -0.2) is 24.8 Å². The third kappa shape index (κ3) is 5.88. The molecule has 0 N–H and O–H groups in total. The van der Waals surface area contributed by atoms with E-state index in [4.69, 9.17) is 14.5 Å². The van der Waals surface area contributed by atoms with Gasteiger partial charge in [0.2, 0.25) is 0 Å². The van der Waals surface area contributed by atoms with E-state index < -0.39 is 0 Å². The number of methoxy groups -OCH3 is 1. The number of carbonyl (C=O) groups is 1. The van der Waals surface area contributed by atoms with Crippen LogP contribution >= 0.6 is 0 Å². The van der Waals surface area contributed by atoms with E-state index in [1.807, 2.05) is 0 Å². The molecule has 0 radical (unpaired) electrons. The number of unbranched alkanes of at least 4 members (excludes halogenated alkanes) is 1. The van der Waals surface area contributed by atoms with E-state index in [-0.39, 0.29) is 24.1 Å². The molecule has 0 aromatic carbocycles. The zero-order valence-electron chi connectivity index (χ0n) is 15.0. The van der Waals surface area contributed by atoms with Gasteiger partial charge in [0.05, 0.1) is 13.5 Å². The van der Waals surface area contributed by atoms with Crippen molar-refractivity contribution in [1.29, 1.82) is 0 Å². The lowest BCUT2D eigenvalue weighted by Gasteiger charge is -2.42. The van der Waals surface area contributed by atoms with Crippen LogP contribution in [0.4, 0.5) is 0 Å². The Morgan fingerprint density at radius 2 is 2.09 bits per heavy atom. The zero-order chi connectivity index (χ0) is 16.6. The summed E-state index contributed by atoms with van der Waals surface area (Å²) >= 11 is 0. The van der Waals surface area contributed by atoms with Crippen LogP contribution in [0.5, 0.6) is 0 Å². The Bertz CT molecular complexity index is 331. The Labute approximate surface area is 135 Å². The minimum Gasteiger partial charge on any atom is -0.469 e. The number of carbonyl (C=O) groups excluding carboxylic acids is 1. The summed E-state index contributed by atoms with van der Waals surface area (Å²) in [6.07, 6.45) is 8.03. The first-order valence-electron chi connectivity index (χ1n) is 8.89. The molecule has 0 spiro atoms. The quantitative estimate of drug-likeness (QED) is 0.458. The molecule has 1 saturated heterocycles. The summed E-state index contributed by atoms with van der Waals surface area (Å²) in [5, 5.41) is 0. The second-order valence-electron chi connectivity index (χ2n) is 6.94. The third-order valence-electron chi connectivity index (χ3n) is 4.98. The standard InChI is InChI=1S/C18H34O4/c1-6-9-10-14(7-2)12-18(4)13-15(8-3)16(21-22-18)11-17(19)20-5/h14-16H,6-13H2,1-5H3/t14?,15-,16?,18+/m0/s1. The highest BCUT2D eigenvalue weighted by atomic mass is 17.2. The second kappa shape index (κ2) is 9.51. The van der Waals surface area contributed by atoms with Gasteiger partial charge in [0, 0.05) is 0 Å². The van der Waals surface area contributed by atoms with Crippen molar-refractivity contribution in [2.24, 2.45) is 11.8 Å². The molecule has 0 saturated carbocycles. The number of hydrogen-bond acceptors (Lipinski definition) is 4. The monoisotopic (exact) mass is 314 g/mol. The number of hydrogen-bond donors (Lipinski definition) is 0. The fourth-order valence-corrected chi connectivity index (χ4v) is 3.50. The van der Waals surface area contributed by atoms with Crippen molar-refractivity contribution in [3.8, 4) is 0 Å². The van der Waals surface area contributed by atoms with Crippen molar-refractivity contribution in [2.45, 2.75) is 90.8 Å². The van der Waals surface area contributed by atoms with Crippen LogP contribution in [-0.2, 0) is 19.3 Å². The van der Waals surface area contributed by atoms with Crippen molar-refractivity contribution in [1.82, 2.24) is 0 Å². The van der Waals surface area contributed by atoms with E-state index in [0.717, 1.165) is 19.3 Å². The molecule has 22 heavy (non-hydrogen) atoms. The van der Waals surface area contributed by atoms with Crippen LogP contribution in [0.3, 0.4) is 0 Å². The van der Waals surface area contributed by atoms with Gasteiger partial charge in [0.25, 0.3) is 0 Å². The van der Waals surface area contributed by atoms with Crippen molar-refractivity contribution < 1.29 is 19.3 Å². The minimum absolute atomic E-state index is 0.179. The molecule has 4 nitrogen and oxygen atoms in total. The smallest absolute Gasteiger partial charge is 0.308 e. The van der Waals surface area contributed by atoms with E-state index in [1.165, 1.54) is 32.8 Å². The lowest BCUT2D eigenvalue weighted by atomic mass is 9.78. The molecular formula is C18H34O4. The van der Waals surface area contributed by atoms with E-state index in [1.54, 1.807) is 0 Å². The van der Waals surface area contributed by atoms with Gasteiger partial charge >= 0.3 is 5.97 Å². The Morgan fingerprint density at radius 3 is 2.64 bits per heavy atom. The number of ether oxygens (including phenoxy) is 1. The largest absolute Gasteiger partial charge is 0.469 e. The first kappa shape index (κ1) is 19.4. The van der Waals surface area contributed by atoms with Crippen molar-refractivity contribution >= 4 is 5.97 Å². The Hall–Kier alpha value is -0.610. The summed E-state index contributed by atoms with van der Waals surface area (Å²) in [7, 11) is 1.41. The zero-order valence-corrected chi connectivity index (χ0v) is 15.0. The first-order chi connectivity index (χ1) is 10.5.